The molecule has 0 radical (unpaired) electrons. The lowest BCUT2D eigenvalue weighted by Gasteiger charge is -2.31. The molecule has 0 spiro atoms. The summed E-state index contributed by atoms with van der Waals surface area (Å²) in [6.45, 7) is 6.27. The van der Waals surface area contributed by atoms with Crippen LogP contribution in [0.25, 0.3) is 0 Å². The van der Waals surface area contributed by atoms with Crippen LogP contribution in [0.1, 0.15) is 18.5 Å². The fraction of sp³-hybridized carbons (Fsp3) is 0.500. The van der Waals surface area contributed by atoms with Crippen molar-refractivity contribution < 1.29 is 9.53 Å². The number of rotatable bonds is 3. The van der Waals surface area contributed by atoms with Crippen molar-refractivity contribution in [3.8, 4) is 5.75 Å². The molecule has 1 amide bonds. The molecule has 3 rings (SSSR count). The van der Waals surface area contributed by atoms with Gasteiger partial charge in [0.1, 0.15) is 11.8 Å². The zero-order valence-corrected chi connectivity index (χ0v) is 11.1. The number of ether oxygens (including phenoxy) is 1. The molecular formula is C14H19N3O2. The van der Waals surface area contributed by atoms with E-state index in [-0.39, 0.29) is 11.9 Å². The Labute approximate surface area is 112 Å². The van der Waals surface area contributed by atoms with Gasteiger partial charge in [-0.3, -0.25) is 9.69 Å². The minimum Gasteiger partial charge on any atom is -0.494 e. The maximum absolute atomic E-state index is 12.2. The minimum atomic E-state index is -0.169. The number of nitrogens with one attached hydrogen (secondary N) is 2. The van der Waals surface area contributed by atoms with E-state index in [0.29, 0.717) is 6.61 Å². The predicted molar refractivity (Wildman–Crippen MR) is 73.4 cm³/mol. The fourth-order valence-electron chi connectivity index (χ4n) is 2.78. The summed E-state index contributed by atoms with van der Waals surface area (Å²) in [5, 5.41) is 6.27. The van der Waals surface area contributed by atoms with Gasteiger partial charge in [0.25, 0.3) is 0 Å². The number of piperazine rings is 1. The Morgan fingerprint density at radius 3 is 2.89 bits per heavy atom. The Hall–Kier alpha value is -1.59. The molecule has 2 heterocycles. The van der Waals surface area contributed by atoms with E-state index in [1.165, 1.54) is 0 Å². The molecule has 102 valence electrons. The summed E-state index contributed by atoms with van der Waals surface area (Å²) >= 11 is 0. The van der Waals surface area contributed by atoms with Crippen LogP contribution < -0.4 is 15.4 Å². The first-order chi connectivity index (χ1) is 9.29. The highest BCUT2D eigenvalue weighted by molar-refractivity contribution is 6.02. The summed E-state index contributed by atoms with van der Waals surface area (Å²) < 4.78 is 5.53. The number of anilines is 1. The smallest absolute Gasteiger partial charge is 0.246 e. The summed E-state index contributed by atoms with van der Waals surface area (Å²) in [5.74, 6) is 0.906. The van der Waals surface area contributed by atoms with Crippen LogP contribution in [0.3, 0.4) is 0 Å². The molecule has 19 heavy (non-hydrogen) atoms. The third-order valence-electron chi connectivity index (χ3n) is 3.65. The third-order valence-corrected chi connectivity index (χ3v) is 3.65. The largest absolute Gasteiger partial charge is 0.494 e. The Morgan fingerprint density at radius 1 is 1.37 bits per heavy atom. The van der Waals surface area contributed by atoms with Gasteiger partial charge in [0.2, 0.25) is 5.91 Å². The van der Waals surface area contributed by atoms with E-state index in [1.54, 1.807) is 0 Å². The number of fused-ring (bicyclic) bond motifs is 1. The quantitative estimate of drug-likeness (QED) is 0.852. The van der Waals surface area contributed by atoms with E-state index in [0.717, 1.165) is 43.2 Å². The SMILES string of the molecule is CCOc1ccc2c(c1)C(N1CCNCC1)C(=O)N2. The Kier molecular flexibility index (Phi) is 3.40. The van der Waals surface area contributed by atoms with Crippen molar-refractivity contribution in [2.24, 2.45) is 0 Å². The Morgan fingerprint density at radius 2 is 2.16 bits per heavy atom. The number of hydrogen-bond donors (Lipinski definition) is 2. The molecule has 0 saturated carbocycles. The van der Waals surface area contributed by atoms with Gasteiger partial charge in [-0.05, 0) is 25.1 Å². The van der Waals surface area contributed by atoms with Crippen molar-refractivity contribution in [1.82, 2.24) is 10.2 Å². The average Bonchev–Trinajstić information content (AvgIpc) is 2.75. The van der Waals surface area contributed by atoms with Gasteiger partial charge >= 0.3 is 0 Å². The maximum Gasteiger partial charge on any atom is 0.246 e. The lowest BCUT2D eigenvalue weighted by atomic mass is 10.1. The predicted octanol–water partition coefficient (Wildman–Crippen LogP) is 0.984. The second-order valence-corrected chi connectivity index (χ2v) is 4.86. The van der Waals surface area contributed by atoms with Crippen LogP contribution in [0.2, 0.25) is 0 Å². The normalized spacial score (nSPS) is 23.0. The standard InChI is InChI=1S/C14H19N3O2/c1-2-19-10-3-4-12-11(9-10)13(14(18)16-12)17-7-5-15-6-8-17/h3-4,9,13,15H,2,5-8H2,1H3,(H,16,18). The zero-order chi connectivity index (χ0) is 13.2. The molecule has 2 N–H and O–H groups in total. The number of benzene rings is 1. The van der Waals surface area contributed by atoms with Gasteiger partial charge < -0.3 is 15.4 Å². The topological polar surface area (TPSA) is 53.6 Å². The molecule has 5 nitrogen and oxygen atoms in total. The summed E-state index contributed by atoms with van der Waals surface area (Å²) in [4.78, 5) is 14.4. The molecule has 0 aromatic heterocycles. The van der Waals surface area contributed by atoms with Crippen LogP contribution in [0, 0.1) is 0 Å². The number of nitrogens with zero attached hydrogens (tertiary/aromatic N) is 1. The van der Waals surface area contributed by atoms with Gasteiger partial charge in [-0.2, -0.15) is 0 Å². The zero-order valence-electron chi connectivity index (χ0n) is 11.1. The van der Waals surface area contributed by atoms with Crippen LogP contribution in [-0.4, -0.2) is 43.6 Å². The molecule has 1 fully saturated rings. The van der Waals surface area contributed by atoms with Crippen molar-refractivity contribution in [3.63, 3.8) is 0 Å². The van der Waals surface area contributed by atoms with Gasteiger partial charge in [0, 0.05) is 37.4 Å². The third kappa shape index (κ3) is 2.31. The van der Waals surface area contributed by atoms with Gasteiger partial charge in [0.15, 0.2) is 0 Å². The summed E-state index contributed by atoms with van der Waals surface area (Å²) in [5.41, 5.74) is 1.95. The van der Waals surface area contributed by atoms with E-state index >= 15 is 0 Å². The maximum atomic E-state index is 12.2. The minimum absolute atomic E-state index is 0.0746. The van der Waals surface area contributed by atoms with Gasteiger partial charge in [0.05, 0.1) is 6.61 Å². The number of carbonyl (C=O) groups excluding carboxylic acids is 1. The van der Waals surface area contributed by atoms with E-state index in [4.69, 9.17) is 4.74 Å². The molecule has 1 aromatic carbocycles. The molecule has 1 atom stereocenters. The van der Waals surface area contributed by atoms with E-state index in [2.05, 4.69) is 15.5 Å². The first-order valence-electron chi connectivity index (χ1n) is 6.82. The van der Waals surface area contributed by atoms with Gasteiger partial charge in [-0.25, -0.2) is 0 Å². The number of carbonyl (C=O) groups is 1. The monoisotopic (exact) mass is 261 g/mol. The van der Waals surface area contributed by atoms with Crippen molar-refractivity contribution in [3.05, 3.63) is 23.8 Å². The number of hydrogen-bond acceptors (Lipinski definition) is 4. The van der Waals surface area contributed by atoms with Gasteiger partial charge in [-0.1, -0.05) is 0 Å². The van der Waals surface area contributed by atoms with Crippen LogP contribution in [-0.2, 0) is 4.79 Å². The fourth-order valence-corrected chi connectivity index (χ4v) is 2.78. The summed E-state index contributed by atoms with van der Waals surface area (Å²) in [6.07, 6.45) is 0. The molecule has 2 aliphatic rings. The van der Waals surface area contributed by atoms with Crippen LogP contribution in [0.5, 0.6) is 5.75 Å². The van der Waals surface area contributed by atoms with E-state index < -0.39 is 0 Å². The highest BCUT2D eigenvalue weighted by atomic mass is 16.5. The Balaban J connectivity index is 1.90. The second-order valence-electron chi connectivity index (χ2n) is 4.86. The highest BCUT2D eigenvalue weighted by Gasteiger charge is 2.36. The molecular weight excluding hydrogens is 242 g/mol. The van der Waals surface area contributed by atoms with E-state index in [1.807, 2.05) is 25.1 Å². The van der Waals surface area contributed by atoms with Crippen LogP contribution >= 0.6 is 0 Å². The molecule has 1 unspecified atom stereocenters. The molecule has 1 aromatic rings. The first-order valence-corrected chi connectivity index (χ1v) is 6.82. The van der Waals surface area contributed by atoms with Crippen molar-refractivity contribution >= 4 is 11.6 Å². The second kappa shape index (κ2) is 5.19. The van der Waals surface area contributed by atoms with Crippen molar-refractivity contribution in [1.29, 1.82) is 0 Å². The molecule has 0 aliphatic carbocycles. The summed E-state index contributed by atoms with van der Waals surface area (Å²) in [6, 6.07) is 5.66. The van der Waals surface area contributed by atoms with Crippen LogP contribution in [0.4, 0.5) is 5.69 Å². The molecule has 1 saturated heterocycles. The van der Waals surface area contributed by atoms with Gasteiger partial charge in [-0.15, -0.1) is 0 Å². The van der Waals surface area contributed by atoms with Crippen molar-refractivity contribution in [2.45, 2.75) is 13.0 Å². The molecule has 2 aliphatic heterocycles. The number of amides is 1. The molecule has 5 heteroatoms. The van der Waals surface area contributed by atoms with E-state index in [9.17, 15) is 4.79 Å². The Bertz CT molecular complexity index is 484. The van der Waals surface area contributed by atoms with Crippen LogP contribution in [0.15, 0.2) is 18.2 Å². The summed E-state index contributed by atoms with van der Waals surface area (Å²) in [7, 11) is 0. The average molecular weight is 261 g/mol. The van der Waals surface area contributed by atoms with Crippen molar-refractivity contribution in [2.75, 3.05) is 38.1 Å². The highest BCUT2D eigenvalue weighted by Crippen LogP contribution is 2.37. The lowest BCUT2D eigenvalue weighted by Crippen LogP contribution is -2.46. The first kappa shape index (κ1) is 12.4. The lowest BCUT2D eigenvalue weighted by molar-refractivity contribution is -0.121. The molecule has 0 bridgehead atoms.